The van der Waals surface area contributed by atoms with E-state index >= 15 is 0 Å². The highest BCUT2D eigenvalue weighted by Gasteiger charge is 2.42. The van der Waals surface area contributed by atoms with Crippen LogP contribution < -0.4 is 15.0 Å². The maximum absolute atomic E-state index is 14.2. The van der Waals surface area contributed by atoms with Crippen LogP contribution in [0, 0.1) is 12.8 Å². The number of nitrogens with zero attached hydrogens (tertiary/aromatic N) is 3. The number of carbonyl (C=O) groups excluding carboxylic acids is 5. The Kier molecular flexibility index (Phi) is 11.4. The smallest absolute Gasteiger partial charge is 0.476 e. The Morgan fingerprint density at radius 2 is 1.83 bits per heavy atom. The molecule has 0 unspecified atom stereocenters. The summed E-state index contributed by atoms with van der Waals surface area (Å²) < 4.78 is 21.2. The van der Waals surface area contributed by atoms with E-state index in [-0.39, 0.29) is 49.4 Å². The fourth-order valence-electron chi connectivity index (χ4n) is 6.02. The number of nitrogens with one attached hydrogen (secondary N) is 1. The summed E-state index contributed by atoms with van der Waals surface area (Å²) in [6, 6.07) is 2.96. The second-order valence-electron chi connectivity index (χ2n) is 13.0. The summed E-state index contributed by atoms with van der Waals surface area (Å²) in [6.45, 7) is 11.7. The first-order valence-electron chi connectivity index (χ1n) is 16.3. The molecule has 1 saturated carbocycles. The van der Waals surface area contributed by atoms with E-state index in [1.165, 1.54) is 4.90 Å². The van der Waals surface area contributed by atoms with Crippen molar-refractivity contribution in [1.29, 1.82) is 0 Å². The lowest BCUT2D eigenvalue weighted by molar-refractivity contribution is -0.132. The van der Waals surface area contributed by atoms with Crippen LogP contribution in [0.2, 0.25) is 0 Å². The van der Waals surface area contributed by atoms with E-state index in [0.717, 1.165) is 19.3 Å². The average Bonchev–Trinajstić information content (AvgIpc) is 2.97. The number of ether oxygens (including phenoxy) is 4. The molecule has 254 valence electrons. The Hall–Kier alpha value is -4.03. The van der Waals surface area contributed by atoms with Gasteiger partial charge < -0.3 is 39.0 Å². The lowest BCUT2D eigenvalue weighted by atomic mass is 9.86. The first-order valence-corrected chi connectivity index (χ1v) is 16.3. The zero-order chi connectivity index (χ0) is 33.6. The Labute approximate surface area is 270 Å². The van der Waals surface area contributed by atoms with Crippen molar-refractivity contribution in [3.8, 4) is 5.75 Å². The number of benzene rings is 1. The van der Waals surface area contributed by atoms with Crippen molar-refractivity contribution in [1.82, 2.24) is 15.1 Å². The van der Waals surface area contributed by atoms with Crippen LogP contribution in [0.15, 0.2) is 12.1 Å². The van der Waals surface area contributed by atoms with Crippen LogP contribution in [0.3, 0.4) is 0 Å². The molecule has 0 spiro atoms. The molecule has 0 radical (unpaired) electrons. The maximum atomic E-state index is 14.2. The number of piperidine rings is 1. The highest BCUT2D eigenvalue weighted by atomic mass is 16.8. The zero-order valence-electron chi connectivity index (χ0n) is 27.9. The predicted octanol–water partition coefficient (Wildman–Crippen LogP) is 4.39. The molecular formula is C33H48N4O9. The molecule has 1 atom stereocenters. The number of carbonyl (C=O) groups is 5. The van der Waals surface area contributed by atoms with Crippen molar-refractivity contribution in [3.05, 3.63) is 23.3 Å². The van der Waals surface area contributed by atoms with Gasteiger partial charge in [-0.15, -0.1) is 0 Å². The van der Waals surface area contributed by atoms with Gasteiger partial charge in [0.25, 0.3) is 11.8 Å². The molecule has 4 rings (SSSR count). The van der Waals surface area contributed by atoms with Gasteiger partial charge in [0.2, 0.25) is 12.7 Å². The molecule has 13 nitrogen and oxygen atoms in total. The van der Waals surface area contributed by atoms with Gasteiger partial charge in [0.15, 0.2) is 5.60 Å². The molecule has 0 bridgehead atoms. The fourth-order valence-corrected chi connectivity index (χ4v) is 6.02. The second-order valence-corrected chi connectivity index (χ2v) is 13.0. The first-order chi connectivity index (χ1) is 21.8. The van der Waals surface area contributed by atoms with Crippen LogP contribution in [0.5, 0.6) is 5.75 Å². The van der Waals surface area contributed by atoms with Crippen LogP contribution in [0.25, 0.3) is 0 Å². The van der Waals surface area contributed by atoms with Gasteiger partial charge in [0.1, 0.15) is 5.75 Å². The van der Waals surface area contributed by atoms with E-state index in [1.807, 2.05) is 20.8 Å². The molecule has 3 aliphatic rings. The van der Waals surface area contributed by atoms with Crippen LogP contribution in [0.4, 0.5) is 15.3 Å². The third-order valence-electron chi connectivity index (χ3n) is 8.79. The number of likely N-dealkylation sites (tertiary alicyclic amines) is 1. The normalized spacial score (nSPS) is 19.0. The molecule has 2 aliphatic heterocycles. The van der Waals surface area contributed by atoms with E-state index in [2.05, 4.69) is 5.32 Å². The van der Waals surface area contributed by atoms with Crippen molar-refractivity contribution >= 4 is 35.7 Å². The molecule has 1 saturated heterocycles. The Bertz CT molecular complexity index is 1310. The molecule has 1 aliphatic carbocycles. The summed E-state index contributed by atoms with van der Waals surface area (Å²) in [6.07, 6.45) is 3.37. The molecule has 1 N–H and O–H groups in total. The standard InChI is InChI=1S/C33H48N4O9/c1-7-28(38)34-13-15-36-26-17-25(22(4)16-27(26)46-33(5,6)30(36)40)29(39)37(21(2)3)24-12-9-14-35(18-24)31(41)44-20-45-32(42)43-19-23-10-8-11-23/h16-17,21,23-24H,7-15,18-20H2,1-6H3,(H,34,38)/t24-/m1/s1. The molecule has 1 aromatic carbocycles. The number of rotatable bonds is 11. The van der Waals surface area contributed by atoms with Crippen LogP contribution >= 0.6 is 0 Å². The maximum Gasteiger partial charge on any atom is 0.511 e. The van der Waals surface area contributed by atoms with Gasteiger partial charge in [-0.2, -0.15) is 0 Å². The lowest BCUT2D eigenvalue weighted by Crippen LogP contribution is -2.55. The number of amides is 4. The Morgan fingerprint density at radius 1 is 1.09 bits per heavy atom. The average molecular weight is 645 g/mol. The van der Waals surface area contributed by atoms with Crippen molar-refractivity contribution in [2.75, 3.05) is 44.5 Å². The summed E-state index contributed by atoms with van der Waals surface area (Å²) in [5, 5.41) is 2.81. The summed E-state index contributed by atoms with van der Waals surface area (Å²) in [7, 11) is 0. The molecule has 46 heavy (non-hydrogen) atoms. The monoisotopic (exact) mass is 644 g/mol. The fraction of sp³-hybridized carbons (Fsp3) is 0.667. The van der Waals surface area contributed by atoms with Gasteiger partial charge in [-0.05, 0) is 83.9 Å². The van der Waals surface area contributed by atoms with Crippen LogP contribution in [-0.4, -0.2) is 97.0 Å². The van der Waals surface area contributed by atoms with Crippen molar-refractivity contribution in [3.63, 3.8) is 0 Å². The molecule has 1 aromatic rings. The SMILES string of the molecule is CCC(=O)NCCN1C(=O)C(C)(C)Oc2cc(C)c(C(=O)N(C(C)C)[C@@H]3CCCN(C(=O)OCOC(=O)OCC4CCC4)C3)cc21. The lowest BCUT2D eigenvalue weighted by Gasteiger charge is -2.42. The summed E-state index contributed by atoms with van der Waals surface area (Å²) in [5.74, 6) is 0.235. The molecule has 4 amide bonds. The van der Waals surface area contributed by atoms with Gasteiger partial charge in [0.05, 0.1) is 18.3 Å². The number of anilines is 1. The number of aryl methyl sites for hydroxylation is 1. The number of hydrogen-bond acceptors (Lipinski definition) is 9. The zero-order valence-corrected chi connectivity index (χ0v) is 27.9. The summed E-state index contributed by atoms with van der Waals surface area (Å²) >= 11 is 0. The van der Waals surface area contributed by atoms with E-state index in [1.54, 1.807) is 42.7 Å². The van der Waals surface area contributed by atoms with Gasteiger partial charge >= 0.3 is 12.2 Å². The molecule has 0 aromatic heterocycles. The largest absolute Gasteiger partial charge is 0.511 e. The highest BCUT2D eigenvalue weighted by molar-refractivity contribution is 6.05. The Morgan fingerprint density at radius 3 is 2.48 bits per heavy atom. The number of hydrogen-bond donors (Lipinski definition) is 1. The van der Waals surface area contributed by atoms with Crippen molar-refractivity contribution in [2.45, 2.75) is 97.8 Å². The third kappa shape index (κ3) is 8.21. The van der Waals surface area contributed by atoms with Gasteiger partial charge in [0, 0.05) is 44.2 Å². The van der Waals surface area contributed by atoms with E-state index < -0.39 is 24.6 Å². The quantitative estimate of drug-likeness (QED) is 0.274. The van der Waals surface area contributed by atoms with E-state index in [4.69, 9.17) is 18.9 Å². The second kappa shape index (κ2) is 15.0. The minimum absolute atomic E-state index is 0.118. The minimum Gasteiger partial charge on any atom is -0.476 e. The Balaban J connectivity index is 1.45. The third-order valence-corrected chi connectivity index (χ3v) is 8.79. The topological polar surface area (TPSA) is 144 Å². The first kappa shape index (κ1) is 34.8. The highest BCUT2D eigenvalue weighted by Crippen LogP contribution is 2.40. The minimum atomic E-state index is -1.12. The predicted molar refractivity (Wildman–Crippen MR) is 169 cm³/mol. The van der Waals surface area contributed by atoms with Gasteiger partial charge in [-0.25, -0.2) is 9.59 Å². The molecule has 13 heteroatoms. The molecule has 2 fully saturated rings. The van der Waals surface area contributed by atoms with Gasteiger partial charge in [-0.3, -0.25) is 14.4 Å². The van der Waals surface area contributed by atoms with Gasteiger partial charge in [-0.1, -0.05) is 13.3 Å². The molecular weight excluding hydrogens is 596 g/mol. The van der Waals surface area contributed by atoms with Crippen LogP contribution in [-0.2, 0) is 23.8 Å². The van der Waals surface area contributed by atoms with E-state index in [9.17, 15) is 24.0 Å². The van der Waals surface area contributed by atoms with E-state index in [0.29, 0.717) is 60.9 Å². The summed E-state index contributed by atoms with van der Waals surface area (Å²) in [4.78, 5) is 69.0. The molecule has 2 heterocycles. The van der Waals surface area contributed by atoms with Crippen molar-refractivity contribution in [2.24, 2.45) is 5.92 Å². The summed E-state index contributed by atoms with van der Waals surface area (Å²) in [5.41, 5.74) is 0.449. The van der Waals surface area contributed by atoms with Crippen molar-refractivity contribution < 1.29 is 42.9 Å². The van der Waals surface area contributed by atoms with Crippen LogP contribution in [0.1, 0.15) is 89.1 Å². The number of fused-ring (bicyclic) bond motifs is 1.